The maximum absolute atomic E-state index is 5.44. The molecular weight excluding hydrogens is 194 g/mol. The van der Waals surface area contributed by atoms with Crippen molar-refractivity contribution in [3.63, 3.8) is 0 Å². The van der Waals surface area contributed by atoms with Crippen LogP contribution in [-0.4, -0.2) is 25.8 Å². The predicted octanol–water partition coefficient (Wildman–Crippen LogP) is 2.31. The van der Waals surface area contributed by atoms with Gasteiger partial charge in [0.1, 0.15) is 0 Å². The van der Waals surface area contributed by atoms with E-state index in [1.807, 2.05) is 18.3 Å². The highest BCUT2D eigenvalue weighted by atomic mass is 32.1. The van der Waals surface area contributed by atoms with Crippen molar-refractivity contribution in [1.82, 2.24) is 5.32 Å². The van der Waals surface area contributed by atoms with Crippen LogP contribution in [0.1, 0.15) is 18.7 Å². The molecule has 2 nitrogen and oxygen atoms in total. The molecule has 3 heteroatoms. The molecule has 80 valence electrons. The van der Waals surface area contributed by atoms with Crippen LogP contribution >= 0.6 is 11.3 Å². The van der Waals surface area contributed by atoms with Gasteiger partial charge in [-0.3, -0.25) is 0 Å². The van der Waals surface area contributed by atoms with Crippen LogP contribution in [0.25, 0.3) is 0 Å². The van der Waals surface area contributed by atoms with Gasteiger partial charge in [-0.15, -0.1) is 11.3 Å². The number of hydrogen-bond donors (Lipinski definition) is 1. The molecule has 0 fully saturated rings. The van der Waals surface area contributed by atoms with Crippen molar-refractivity contribution >= 4 is 11.3 Å². The van der Waals surface area contributed by atoms with Crippen molar-refractivity contribution in [2.75, 3.05) is 19.8 Å². The van der Waals surface area contributed by atoms with Crippen molar-refractivity contribution < 1.29 is 4.74 Å². The SMILES string of the molecule is CCNC(COCC)Cc1cccs1. The van der Waals surface area contributed by atoms with Crippen LogP contribution in [0, 0.1) is 0 Å². The minimum absolute atomic E-state index is 0.457. The molecular formula is C11H19NOS. The van der Waals surface area contributed by atoms with E-state index >= 15 is 0 Å². The van der Waals surface area contributed by atoms with Crippen molar-refractivity contribution in [2.45, 2.75) is 26.3 Å². The molecule has 1 heterocycles. The van der Waals surface area contributed by atoms with E-state index in [2.05, 4.69) is 29.8 Å². The molecule has 0 aliphatic carbocycles. The Balaban J connectivity index is 2.34. The van der Waals surface area contributed by atoms with Crippen molar-refractivity contribution in [1.29, 1.82) is 0 Å². The van der Waals surface area contributed by atoms with Gasteiger partial charge >= 0.3 is 0 Å². The minimum atomic E-state index is 0.457. The lowest BCUT2D eigenvalue weighted by molar-refractivity contribution is 0.123. The Hall–Kier alpha value is -0.380. The fourth-order valence-electron chi connectivity index (χ4n) is 1.41. The zero-order valence-electron chi connectivity index (χ0n) is 8.95. The van der Waals surface area contributed by atoms with E-state index in [9.17, 15) is 0 Å². The molecule has 14 heavy (non-hydrogen) atoms. The highest BCUT2D eigenvalue weighted by molar-refractivity contribution is 7.09. The smallest absolute Gasteiger partial charge is 0.0623 e. The minimum Gasteiger partial charge on any atom is -0.380 e. The Kier molecular flexibility index (Phi) is 5.83. The summed E-state index contributed by atoms with van der Waals surface area (Å²) >= 11 is 1.82. The predicted molar refractivity (Wildman–Crippen MR) is 62.0 cm³/mol. The summed E-state index contributed by atoms with van der Waals surface area (Å²) in [5.41, 5.74) is 0. The first-order valence-electron chi connectivity index (χ1n) is 5.20. The second-order valence-corrected chi connectivity index (χ2v) is 4.23. The van der Waals surface area contributed by atoms with Crippen LogP contribution in [0.15, 0.2) is 17.5 Å². The Labute approximate surface area is 90.3 Å². The fraction of sp³-hybridized carbons (Fsp3) is 0.636. The third-order valence-corrected chi connectivity index (χ3v) is 2.94. The summed E-state index contributed by atoms with van der Waals surface area (Å²) in [6.07, 6.45) is 1.07. The first kappa shape index (κ1) is 11.7. The van der Waals surface area contributed by atoms with Gasteiger partial charge in [-0.25, -0.2) is 0 Å². The van der Waals surface area contributed by atoms with Crippen molar-refractivity contribution in [3.05, 3.63) is 22.4 Å². The van der Waals surface area contributed by atoms with E-state index in [1.165, 1.54) is 4.88 Å². The molecule has 0 aliphatic rings. The van der Waals surface area contributed by atoms with Crippen LogP contribution in [-0.2, 0) is 11.2 Å². The molecule has 1 atom stereocenters. The van der Waals surface area contributed by atoms with Crippen LogP contribution in [0.5, 0.6) is 0 Å². The number of likely N-dealkylation sites (N-methyl/N-ethyl adjacent to an activating group) is 1. The first-order chi connectivity index (χ1) is 6.86. The molecule has 1 aromatic rings. The summed E-state index contributed by atoms with van der Waals surface area (Å²) in [7, 11) is 0. The Morgan fingerprint density at radius 3 is 2.93 bits per heavy atom. The molecule has 1 N–H and O–H groups in total. The molecule has 0 saturated heterocycles. The summed E-state index contributed by atoms with van der Waals surface area (Å²) in [6.45, 7) is 6.78. The van der Waals surface area contributed by atoms with Gasteiger partial charge in [-0.1, -0.05) is 13.0 Å². The van der Waals surface area contributed by atoms with Gasteiger partial charge in [0.25, 0.3) is 0 Å². The fourth-order valence-corrected chi connectivity index (χ4v) is 2.20. The van der Waals surface area contributed by atoms with E-state index < -0.39 is 0 Å². The van der Waals surface area contributed by atoms with Crippen LogP contribution < -0.4 is 5.32 Å². The topological polar surface area (TPSA) is 21.3 Å². The van der Waals surface area contributed by atoms with E-state index in [0.29, 0.717) is 6.04 Å². The molecule has 0 bridgehead atoms. The summed E-state index contributed by atoms with van der Waals surface area (Å²) in [5, 5.41) is 5.56. The summed E-state index contributed by atoms with van der Waals surface area (Å²) in [4.78, 5) is 1.43. The van der Waals surface area contributed by atoms with Gasteiger partial charge in [-0.05, 0) is 31.3 Å². The molecule has 0 spiro atoms. The van der Waals surface area contributed by atoms with Gasteiger partial charge in [0, 0.05) is 17.5 Å². The number of hydrogen-bond acceptors (Lipinski definition) is 3. The van der Waals surface area contributed by atoms with Crippen molar-refractivity contribution in [2.24, 2.45) is 0 Å². The normalized spacial score (nSPS) is 13.0. The van der Waals surface area contributed by atoms with Crippen LogP contribution in [0.4, 0.5) is 0 Å². The molecule has 0 aliphatic heterocycles. The van der Waals surface area contributed by atoms with Gasteiger partial charge < -0.3 is 10.1 Å². The summed E-state index contributed by atoms with van der Waals surface area (Å²) in [6, 6.07) is 4.74. The number of rotatable bonds is 7. The Bertz CT molecular complexity index is 223. The molecule has 0 radical (unpaired) electrons. The van der Waals surface area contributed by atoms with E-state index in [1.54, 1.807) is 0 Å². The third kappa shape index (κ3) is 4.22. The molecule has 0 aromatic carbocycles. The van der Waals surface area contributed by atoms with Gasteiger partial charge in [0.05, 0.1) is 6.61 Å². The molecule has 1 unspecified atom stereocenters. The van der Waals surface area contributed by atoms with E-state index in [0.717, 1.165) is 26.2 Å². The number of ether oxygens (including phenoxy) is 1. The van der Waals surface area contributed by atoms with Gasteiger partial charge in [0.15, 0.2) is 0 Å². The zero-order chi connectivity index (χ0) is 10.2. The molecule has 0 amide bonds. The zero-order valence-corrected chi connectivity index (χ0v) is 9.77. The first-order valence-corrected chi connectivity index (χ1v) is 6.08. The van der Waals surface area contributed by atoms with Gasteiger partial charge in [-0.2, -0.15) is 0 Å². The third-order valence-electron chi connectivity index (χ3n) is 2.04. The van der Waals surface area contributed by atoms with Crippen LogP contribution in [0.2, 0.25) is 0 Å². The molecule has 1 aromatic heterocycles. The lowest BCUT2D eigenvalue weighted by atomic mass is 10.2. The monoisotopic (exact) mass is 213 g/mol. The average Bonchev–Trinajstić information content (AvgIpc) is 2.67. The van der Waals surface area contributed by atoms with Crippen LogP contribution in [0.3, 0.4) is 0 Å². The maximum Gasteiger partial charge on any atom is 0.0623 e. The average molecular weight is 213 g/mol. The van der Waals surface area contributed by atoms with Crippen molar-refractivity contribution in [3.8, 4) is 0 Å². The standard InChI is InChI=1S/C11H19NOS/c1-3-12-10(9-13-4-2)8-11-6-5-7-14-11/h5-7,10,12H,3-4,8-9H2,1-2H3. The second-order valence-electron chi connectivity index (χ2n) is 3.20. The summed E-state index contributed by atoms with van der Waals surface area (Å²) in [5.74, 6) is 0. The number of thiophene rings is 1. The second kappa shape index (κ2) is 6.98. The largest absolute Gasteiger partial charge is 0.380 e. The van der Waals surface area contributed by atoms with Gasteiger partial charge in [0.2, 0.25) is 0 Å². The highest BCUT2D eigenvalue weighted by Gasteiger charge is 2.08. The molecule has 0 saturated carbocycles. The molecule has 1 rings (SSSR count). The maximum atomic E-state index is 5.44. The Morgan fingerprint density at radius 2 is 2.36 bits per heavy atom. The van der Waals surface area contributed by atoms with E-state index in [4.69, 9.17) is 4.74 Å². The Morgan fingerprint density at radius 1 is 1.50 bits per heavy atom. The van der Waals surface area contributed by atoms with E-state index in [-0.39, 0.29) is 0 Å². The quantitative estimate of drug-likeness (QED) is 0.750. The highest BCUT2D eigenvalue weighted by Crippen LogP contribution is 2.11. The lowest BCUT2D eigenvalue weighted by Crippen LogP contribution is -2.35. The number of nitrogens with one attached hydrogen (secondary N) is 1. The summed E-state index contributed by atoms with van der Waals surface area (Å²) < 4.78 is 5.44. The lowest BCUT2D eigenvalue weighted by Gasteiger charge is -2.16.